The lowest BCUT2D eigenvalue weighted by Crippen LogP contribution is -2.40. The lowest BCUT2D eigenvalue weighted by molar-refractivity contribution is 0.0302. The number of carbonyl (C=O) groups excluding carboxylic acids is 1. The van der Waals surface area contributed by atoms with Crippen molar-refractivity contribution in [3.63, 3.8) is 0 Å². The number of nitrogens with zero attached hydrogens (tertiary/aromatic N) is 2. The molecule has 0 bridgehead atoms. The predicted octanol–water partition coefficient (Wildman–Crippen LogP) is 1.99. The fourth-order valence-electron chi connectivity index (χ4n) is 2.83. The Morgan fingerprint density at radius 3 is 2.41 bits per heavy atom. The van der Waals surface area contributed by atoms with Gasteiger partial charge in [0, 0.05) is 25.7 Å². The number of amides is 1. The van der Waals surface area contributed by atoms with E-state index in [9.17, 15) is 13.2 Å². The fraction of sp³-hybridized carbons (Fsp3) is 0.316. The molecule has 27 heavy (non-hydrogen) atoms. The summed E-state index contributed by atoms with van der Waals surface area (Å²) in [6, 6.07) is 12.9. The van der Waals surface area contributed by atoms with Gasteiger partial charge in [0.1, 0.15) is 5.75 Å². The van der Waals surface area contributed by atoms with Crippen molar-refractivity contribution in [2.24, 2.45) is 0 Å². The summed E-state index contributed by atoms with van der Waals surface area (Å²) < 4.78 is 37.5. The van der Waals surface area contributed by atoms with Crippen LogP contribution in [0.5, 0.6) is 5.75 Å². The first-order chi connectivity index (χ1) is 12.9. The summed E-state index contributed by atoms with van der Waals surface area (Å²) >= 11 is 0. The molecule has 0 spiro atoms. The summed E-state index contributed by atoms with van der Waals surface area (Å²) in [5, 5.41) is 0. The maximum absolute atomic E-state index is 13.0. The number of hydrogen-bond acceptors (Lipinski definition) is 5. The van der Waals surface area contributed by atoms with Crippen molar-refractivity contribution in [1.29, 1.82) is 0 Å². The Kier molecular flexibility index (Phi) is 5.67. The zero-order valence-electron chi connectivity index (χ0n) is 15.3. The molecule has 0 unspecified atom stereocenters. The summed E-state index contributed by atoms with van der Waals surface area (Å²) in [6.07, 6.45) is 0. The van der Waals surface area contributed by atoms with Crippen molar-refractivity contribution < 1.29 is 22.7 Å². The summed E-state index contributed by atoms with van der Waals surface area (Å²) in [7, 11) is -0.773. The van der Waals surface area contributed by atoms with Crippen LogP contribution in [0.15, 0.2) is 53.4 Å². The average molecular weight is 390 g/mol. The molecule has 0 aromatic heterocycles. The summed E-state index contributed by atoms with van der Waals surface area (Å²) in [5.41, 5.74) is 0.849. The fourth-order valence-corrected chi connectivity index (χ4v) is 4.07. The molecule has 2 aromatic rings. The van der Waals surface area contributed by atoms with Gasteiger partial charge < -0.3 is 14.4 Å². The zero-order chi connectivity index (χ0) is 19.4. The Morgan fingerprint density at radius 1 is 1.11 bits per heavy atom. The molecule has 0 atom stereocenters. The second-order valence-corrected chi connectivity index (χ2v) is 8.07. The molecule has 2 aromatic carbocycles. The molecule has 1 amide bonds. The van der Waals surface area contributed by atoms with Gasteiger partial charge in [-0.25, -0.2) is 8.42 Å². The SMILES string of the molecule is COc1ccc(N(C)S(=O)(=O)c2cccc(C(=O)N3CCOCC3)c2)cc1. The highest BCUT2D eigenvalue weighted by atomic mass is 32.2. The lowest BCUT2D eigenvalue weighted by atomic mass is 10.2. The van der Waals surface area contributed by atoms with Crippen molar-refractivity contribution in [1.82, 2.24) is 4.90 Å². The van der Waals surface area contributed by atoms with Gasteiger partial charge in [0.25, 0.3) is 15.9 Å². The predicted molar refractivity (Wildman–Crippen MR) is 102 cm³/mol. The maximum atomic E-state index is 13.0. The van der Waals surface area contributed by atoms with Crippen LogP contribution in [0.3, 0.4) is 0 Å². The molecule has 1 aliphatic heterocycles. The van der Waals surface area contributed by atoms with Crippen molar-refractivity contribution in [3.8, 4) is 5.75 Å². The van der Waals surface area contributed by atoms with Gasteiger partial charge in [-0.3, -0.25) is 9.10 Å². The maximum Gasteiger partial charge on any atom is 0.264 e. The average Bonchev–Trinajstić information content (AvgIpc) is 2.73. The summed E-state index contributed by atoms with van der Waals surface area (Å²) in [4.78, 5) is 14.4. The highest BCUT2D eigenvalue weighted by Crippen LogP contribution is 2.25. The monoisotopic (exact) mass is 390 g/mol. The zero-order valence-corrected chi connectivity index (χ0v) is 16.1. The number of carbonyl (C=O) groups is 1. The number of methoxy groups -OCH3 is 1. The molecule has 8 heteroatoms. The Hall–Kier alpha value is -2.58. The van der Waals surface area contributed by atoms with E-state index in [1.807, 2.05) is 0 Å². The van der Waals surface area contributed by atoms with Crippen molar-refractivity contribution >= 4 is 21.6 Å². The normalized spacial score (nSPS) is 14.7. The molecule has 1 aliphatic rings. The van der Waals surface area contributed by atoms with E-state index < -0.39 is 10.0 Å². The van der Waals surface area contributed by atoms with Crippen LogP contribution in [0, 0.1) is 0 Å². The van der Waals surface area contributed by atoms with Crippen molar-refractivity contribution in [3.05, 3.63) is 54.1 Å². The molecule has 7 nitrogen and oxygen atoms in total. The number of hydrogen-bond donors (Lipinski definition) is 0. The summed E-state index contributed by atoms with van der Waals surface area (Å²) in [6.45, 7) is 1.98. The first-order valence-corrected chi connectivity index (χ1v) is 9.97. The highest BCUT2D eigenvalue weighted by molar-refractivity contribution is 7.92. The highest BCUT2D eigenvalue weighted by Gasteiger charge is 2.24. The van der Waals surface area contributed by atoms with Crippen LogP contribution in [0.1, 0.15) is 10.4 Å². The minimum atomic E-state index is -3.80. The van der Waals surface area contributed by atoms with Gasteiger partial charge in [-0.2, -0.15) is 0 Å². The first kappa shape index (κ1) is 19.2. The van der Waals surface area contributed by atoms with Crippen LogP contribution in [-0.4, -0.2) is 59.7 Å². The Labute approximate surface area is 159 Å². The molecule has 0 radical (unpaired) electrons. The van der Waals surface area contributed by atoms with Crippen LogP contribution in [-0.2, 0) is 14.8 Å². The Balaban J connectivity index is 1.86. The number of ether oxygens (including phenoxy) is 2. The van der Waals surface area contributed by atoms with Crippen LogP contribution in [0.2, 0.25) is 0 Å². The molecule has 1 heterocycles. The molecule has 3 rings (SSSR count). The van der Waals surface area contributed by atoms with E-state index >= 15 is 0 Å². The number of sulfonamides is 1. The van der Waals surface area contributed by atoms with E-state index in [0.717, 1.165) is 0 Å². The minimum Gasteiger partial charge on any atom is -0.497 e. The molecule has 1 saturated heterocycles. The second kappa shape index (κ2) is 7.98. The van der Waals surface area contributed by atoms with Crippen molar-refractivity contribution in [2.45, 2.75) is 4.90 Å². The molecule has 0 N–H and O–H groups in total. The van der Waals surface area contributed by atoms with Crippen LogP contribution < -0.4 is 9.04 Å². The van der Waals surface area contributed by atoms with E-state index in [0.29, 0.717) is 43.3 Å². The van der Waals surface area contributed by atoms with Gasteiger partial charge in [-0.05, 0) is 42.5 Å². The van der Waals surface area contributed by atoms with Gasteiger partial charge in [-0.15, -0.1) is 0 Å². The minimum absolute atomic E-state index is 0.0694. The van der Waals surface area contributed by atoms with Gasteiger partial charge in [0.2, 0.25) is 0 Å². The number of morpholine rings is 1. The van der Waals surface area contributed by atoms with E-state index in [4.69, 9.17) is 9.47 Å². The molecule has 0 saturated carbocycles. The van der Waals surface area contributed by atoms with E-state index in [-0.39, 0.29) is 10.8 Å². The Bertz CT molecular complexity index is 906. The van der Waals surface area contributed by atoms with Crippen molar-refractivity contribution in [2.75, 3.05) is 44.8 Å². The van der Waals surface area contributed by atoms with Gasteiger partial charge >= 0.3 is 0 Å². The largest absolute Gasteiger partial charge is 0.497 e. The number of anilines is 1. The van der Waals surface area contributed by atoms with Gasteiger partial charge in [0.15, 0.2) is 0 Å². The van der Waals surface area contributed by atoms with Crippen LogP contribution in [0.4, 0.5) is 5.69 Å². The molecular weight excluding hydrogens is 368 g/mol. The first-order valence-electron chi connectivity index (χ1n) is 8.53. The standard InChI is InChI=1S/C19H22N2O5S/c1-20(16-6-8-17(25-2)9-7-16)27(23,24)18-5-3-4-15(14-18)19(22)21-10-12-26-13-11-21/h3-9,14H,10-13H2,1-2H3. The molecule has 1 fully saturated rings. The summed E-state index contributed by atoms with van der Waals surface area (Å²) in [5.74, 6) is 0.449. The van der Waals surface area contributed by atoms with Crippen LogP contribution in [0.25, 0.3) is 0 Å². The van der Waals surface area contributed by atoms with E-state index in [1.54, 1.807) is 48.4 Å². The number of benzene rings is 2. The molecule has 144 valence electrons. The smallest absolute Gasteiger partial charge is 0.264 e. The van der Waals surface area contributed by atoms with E-state index in [2.05, 4.69) is 0 Å². The van der Waals surface area contributed by atoms with Gasteiger partial charge in [0.05, 0.1) is 30.9 Å². The third kappa shape index (κ3) is 4.06. The topological polar surface area (TPSA) is 76.2 Å². The molecular formula is C19H22N2O5S. The van der Waals surface area contributed by atoms with Gasteiger partial charge in [-0.1, -0.05) is 6.07 Å². The molecule has 0 aliphatic carbocycles. The third-order valence-corrected chi connectivity index (χ3v) is 6.26. The van der Waals surface area contributed by atoms with E-state index in [1.165, 1.54) is 23.5 Å². The third-order valence-electron chi connectivity index (χ3n) is 4.47. The second-order valence-electron chi connectivity index (χ2n) is 6.10. The lowest BCUT2D eigenvalue weighted by Gasteiger charge is -2.27. The quantitative estimate of drug-likeness (QED) is 0.780. The Morgan fingerprint density at radius 2 is 1.78 bits per heavy atom. The van der Waals surface area contributed by atoms with Crippen LogP contribution >= 0.6 is 0 Å². The number of rotatable bonds is 5.